The molecule has 2 unspecified atom stereocenters. The number of anilines is 2. The van der Waals surface area contributed by atoms with Gasteiger partial charge in [-0.15, -0.1) is 5.10 Å². The standard InChI is InChI=1S/C27H29ClF3N7O3/c1-2-20-23(36-13-16-12-32-8-5-21(16)36)25(40)38-26(34-24(35-38)15-6-9-41-10-7-15)37(20)14-22(39)33-19-4-3-17(11-18(19)28)27(29,30)31/h3-4,6,11,16,21,32H,2,5,7-10,12-14H2,1H3,(H,33,39). The number of fused-ring (bicyclic) bond motifs is 2. The number of ether oxygens (including phenoxy) is 1. The highest BCUT2D eigenvalue weighted by Gasteiger charge is 2.43. The van der Waals surface area contributed by atoms with Gasteiger partial charge in [-0.1, -0.05) is 24.6 Å². The molecule has 0 radical (unpaired) electrons. The van der Waals surface area contributed by atoms with Gasteiger partial charge in [0.1, 0.15) is 12.2 Å². The number of nitrogens with one attached hydrogen (secondary N) is 2. The van der Waals surface area contributed by atoms with E-state index in [0.717, 1.165) is 43.3 Å². The van der Waals surface area contributed by atoms with Crippen LogP contribution in [0.2, 0.25) is 5.02 Å². The summed E-state index contributed by atoms with van der Waals surface area (Å²) in [5.74, 6) is 0.513. The minimum absolute atomic E-state index is 0.0508. The van der Waals surface area contributed by atoms with E-state index in [1.165, 1.54) is 4.52 Å². The third kappa shape index (κ3) is 5.10. The van der Waals surface area contributed by atoms with Crippen LogP contribution in [0.5, 0.6) is 0 Å². The lowest BCUT2D eigenvalue weighted by molar-refractivity contribution is -0.137. The van der Waals surface area contributed by atoms with E-state index in [1.54, 1.807) is 4.57 Å². The van der Waals surface area contributed by atoms with Gasteiger partial charge in [-0.2, -0.15) is 22.7 Å². The fourth-order valence-corrected chi connectivity index (χ4v) is 6.13. The van der Waals surface area contributed by atoms with Gasteiger partial charge in [-0.05, 0) is 49.6 Å². The first-order valence-corrected chi connectivity index (χ1v) is 14.0. The van der Waals surface area contributed by atoms with Crippen LogP contribution in [0.3, 0.4) is 0 Å². The van der Waals surface area contributed by atoms with E-state index in [4.69, 9.17) is 16.3 Å². The van der Waals surface area contributed by atoms with Gasteiger partial charge in [-0.25, -0.2) is 0 Å². The highest BCUT2D eigenvalue weighted by molar-refractivity contribution is 6.33. The molecule has 41 heavy (non-hydrogen) atoms. The molecule has 2 fully saturated rings. The van der Waals surface area contributed by atoms with Crippen molar-refractivity contribution in [3.63, 3.8) is 0 Å². The smallest absolute Gasteiger partial charge is 0.377 e. The number of halogens is 4. The van der Waals surface area contributed by atoms with Crippen LogP contribution in [0.15, 0.2) is 29.1 Å². The van der Waals surface area contributed by atoms with E-state index in [1.807, 2.05) is 13.0 Å². The van der Waals surface area contributed by atoms with Crippen LogP contribution in [0.1, 0.15) is 36.8 Å². The van der Waals surface area contributed by atoms with Crippen LogP contribution in [0.4, 0.5) is 24.5 Å². The first-order chi connectivity index (χ1) is 19.7. The predicted molar refractivity (Wildman–Crippen MR) is 147 cm³/mol. The van der Waals surface area contributed by atoms with Gasteiger partial charge in [0.25, 0.3) is 5.56 Å². The number of hydrogen-bond acceptors (Lipinski definition) is 7. The molecule has 218 valence electrons. The molecule has 2 N–H and O–H groups in total. The van der Waals surface area contributed by atoms with Crippen molar-refractivity contribution in [2.75, 3.05) is 43.1 Å². The Bertz CT molecular complexity index is 1600. The molecule has 14 heteroatoms. The summed E-state index contributed by atoms with van der Waals surface area (Å²) in [4.78, 5) is 34.0. The molecular weight excluding hydrogens is 563 g/mol. The molecule has 5 heterocycles. The van der Waals surface area contributed by atoms with Gasteiger partial charge in [0.15, 0.2) is 5.82 Å². The predicted octanol–water partition coefficient (Wildman–Crippen LogP) is 3.37. The second kappa shape index (κ2) is 10.8. The van der Waals surface area contributed by atoms with E-state index in [0.29, 0.717) is 55.7 Å². The highest BCUT2D eigenvalue weighted by atomic mass is 35.5. The zero-order chi connectivity index (χ0) is 28.9. The quantitative estimate of drug-likeness (QED) is 0.453. The normalized spacial score (nSPS) is 20.9. The van der Waals surface area contributed by atoms with Gasteiger partial charge in [0, 0.05) is 25.0 Å². The van der Waals surface area contributed by atoms with Crippen LogP contribution in [-0.4, -0.2) is 64.0 Å². The molecule has 1 aromatic carbocycles. The van der Waals surface area contributed by atoms with Gasteiger partial charge >= 0.3 is 6.18 Å². The molecule has 0 bridgehead atoms. The number of carbonyl (C=O) groups is 1. The lowest BCUT2D eigenvalue weighted by Crippen LogP contribution is -2.64. The molecule has 2 saturated heterocycles. The zero-order valence-corrected chi connectivity index (χ0v) is 23.1. The van der Waals surface area contributed by atoms with Crippen molar-refractivity contribution in [1.82, 2.24) is 24.5 Å². The number of hydrogen-bond donors (Lipinski definition) is 2. The van der Waals surface area contributed by atoms with Gasteiger partial charge in [0.2, 0.25) is 11.7 Å². The van der Waals surface area contributed by atoms with Crippen molar-refractivity contribution < 1.29 is 22.7 Å². The fraction of sp³-hybridized carbons (Fsp3) is 0.481. The Hall–Kier alpha value is -3.42. The lowest BCUT2D eigenvalue weighted by Gasteiger charge is -2.52. The highest BCUT2D eigenvalue weighted by Crippen LogP contribution is 2.36. The van der Waals surface area contributed by atoms with Crippen LogP contribution in [0.25, 0.3) is 11.4 Å². The Morgan fingerprint density at radius 3 is 2.83 bits per heavy atom. The van der Waals surface area contributed by atoms with Crippen molar-refractivity contribution in [2.24, 2.45) is 5.92 Å². The van der Waals surface area contributed by atoms with Crippen LogP contribution in [0, 0.1) is 5.92 Å². The molecule has 0 spiro atoms. The number of benzene rings is 1. The van der Waals surface area contributed by atoms with E-state index in [9.17, 15) is 22.8 Å². The van der Waals surface area contributed by atoms with Crippen LogP contribution in [-0.2, 0) is 28.7 Å². The Labute approximate surface area is 238 Å². The summed E-state index contributed by atoms with van der Waals surface area (Å²) >= 11 is 6.09. The summed E-state index contributed by atoms with van der Waals surface area (Å²) < 4.78 is 47.6. The summed E-state index contributed by atoms with van der Waals surface area (Å²) in [5.41, 5.74) is 0.852. The maximum Gasteiger partial charge on any atom is 0.416 e. The average molecular weight is 592 g/mol. The molecule has 0 aliphatic carbocycles. The van der Waals surface area contributed by atoms with Crippen molar-refractivity contribution in [2.45, 2.75) is 44.9 Å². The molecule has 3 aliphatic rings. The van der Waals surface area contributed by atoms with E-state index < -0.39 is 17.6 Å². The number of amides is 1. The summed E-state index contributed by atoms with van der Waals surface area (Å²) in [6.45, 7) is 5.05. The topological polar surface area (TPSA) is 106 Å². The second-order valence-electron chi connectivity index (χ2n) is 10.5. The third-order valence-electron chi connectivity index (χ3n) is 7.97. The molecule has 3 aliphatic heterocycles. The molecule has 2 aromatic heterocycles. The number of piperidine rings is 1. The zero-order valence-electron chi connectivity index (χ0n) is 22.3. The Balaban J connectivity index is 1.41. The summed E-state index contributed by atoms with van der Waals surface area (Å²) in [6.07, 6.45) is -0.749. The van der Waals surface area contributed by atoms with Crippen molar-refractivity contribution in [3.05, 3.63) is 56.7 Å². The number of carbonyl (C=O) groups excluding carboxylic acids is 1. The summed E-state index contributed by atoms with van der Waals surface area (Å²) in [5, 5.41) is 10.3. The summed E-state index contributed by atoms with van der Waals surface area (Å²) in [7, 11) is 0. The largest absolute Gasteiger partial charge is 0.416 e. The number of alkyl halides is 3. The molecule has 3 aromatic rings. The second-order valence-corrected chi connectivity index (χ2v) is 10.9. The minimum Gasteiger partial charge on any atom is -0.377 e. The van der Waals surface area contributed by atoms with Crippen molar-refractivity contribution in [3.8, 4) is 0 Å². The van der Waals surface area contributed by atoms with E-state index in [2.05, 4.69) is 25.6 Å². The van der Waals surface area contributed by atoms with Crippen molar-refractivity contribution >= 4 is 40.2 Å². The SMILES string of the molecule is CCc1c(N2CC3CNCCC32)c(=O)n2nc(C3=CCOCC3)nc2n1CC(=O)Nc1ccc(C(F)(F)F)cc1Cl. The molecule has 6 rings (SSSR count). The van der Waals surface area contributed by atoms with Crippen LogP contribution >= 0.6 is 11.6 Å². The monoisotopic (exact) mass is 591 g/mol. The molecular formula is C27H29ClF3N7O3. The Morgan fingerprint density at radius 1 is 1.32 bits per heavy atom. The third-order valence-corrected chi connectivity index (χ3v) is 8.28. The van der Waals surface area contributed by atoms with Crippen LogP contribution < -0.4 is 21.1 Å². The first-order valence-electron chi connectivity index (χ1n) is 13.6. The summed E-state index contributed by atoms with van der Waals surface area (Å²) in [6, 6.07) is 2.97. The fourth-order valence-electron chi connectivity index (χ4n) is 5.91. The van der Waals surface area contributed by atoms with Gasteiger partial charge in [-0.3, -0.25) is 9.59 Å². The molecule has 10 nitrogen and oxygen atoms in total. The maximum absolute atomic E-state index is 13.9. The maximum atomic E-state index is 13.9. The van der Waals surface area contributed by atoms with Crippen molar-refractivity contribution in [1.29, 1.82) is 0 Å². The Morgan fingerprint density at radius 2 is 2.15 bits per heavy atom. The average Bonchev–Trinajstić information content (AvgIpc) is 3.39. The van der Waals surface area contributed by atoms with E-state index in [-0.39, 0.29) is 34.6 Å². The molecule has 1 amide bonds. The number of rotatable bonds is 6. The minimum atomic E-state index is -4.56. The number of nitrogens with zero attached hydrogens (tertiary/aromatic N) is 5. The lowest BCUT2D eigenvalue weighted by atomic mass is 9.83. The van der Waals surface area contributed by atoms with Gasteiger partial charge in [0.05, 0.1) is 35.2 Å². The molecule has 2 atom stereocenters. The van der Waals surface area contributed by atoms with E-state index >= 15 is 0 Å². The number of aromatic nitrogens is 4. The van der Waals surface area contributed by atoms with Gasteiger partial charge < -0.3 is 24.8 Å². The first kappa shape index (κ1) is 27.7. The Kier molecular flexibility index (Phi) is 7.28. The molecule has 0 saturated carbocycles.